The Labute approximate surface area is 239 Å². The van der Waals surface area contributed by atoms with E-state index in [2.05, 4.69) is 30.6 Å². The van der Waals surface area contributed by atoms with Crippen LogP contribution >= 0.6 is 0 Å². The molecule has 0 aliphatic heterocycles. The molecule has 1 fully saturated rings. The summed E-state index contributed by atoms with van der Waals surface area (Å²) in [6, 6.07) is 14.0. The Balaban J connectivity index is 1.10. The average molecular weight is 569 g/mol. The molecular weight excluding hydrogens is 539 g/mol. The van der Waals surface area contributed by atoms with Gasteiger partial charge in [-0.05, 0) is 54.7 Å². The molecule has 42 heavy (non-hydrogen) atoms. The van der Waals surface area contributed by atoms with Crippen LogP contribution in [0.1, 0.15) is 53.7 Å². The Morgan fingerprint density at radius 2 is 1.76 bits per heavy atom. The second kappa shape index (κ2) is 11.4. The van der Waals surface area contributed by atoms with Gasteiger partial charge in [0.1, 0.15) is 17.2 Å². The van der Waals surface area contributed by atoms with E-state index in [-0.39, 0.29) is 23.2 Å². The zero-order valence-electron chi connectivity index (χ0n) is 22.9. The Hall–Kier alpha value is -5.13. The summed E-state index contributed by atoms with van der Waals surface area (Å²) in [5.41, 5.74) is 3.03. The molecule has 1 aliphatic carbocycles. The van der Waals surface area contributed by atoms with Crippen LogP contribution in [-0.4, -0.2) is 35.0 Å². The van der Waals surface area contributed by atoms with Crippen molar-refractivity contribution in [1.29, 1.82) is 0 Å². The highest BCUT2D eigenvalue weighted by molar-refractivity contribution is 5.93. The standard InChI is InChI=1S/C30H29FN8O3/c1-2-13-38-27-25(29(41)39(30(38)42)22-9-10-22)36-26(37-27)20-8-12-24(34-16-20)33-14-18-3-5-19(6-4-18)15-35-28(40)21-7-11-23(31)32-17-21/h3-8,11-12,16-17,22H,2,9-10,13-15H2,1H3,(H,33,34)(H,35,40)(H,36,37). The van der Waals surface area contributed by atoms with E-state index in [9.17, 15) is 18.8 Å². The van der Waals surface area contributed by atoms with Gasteiger partial charge in [0.25, 0.3) is 11.5 Å². The second-order valence-electron chi connectivity index (χ2n) is 10.3. The van der Waals surface area contributed by atoms with Crippen molar-refractivity contribution in [3.8, 4) is 11.4 Å². The van der Waals surface area contributed by atoms with Crippen LogP contribution in [0.3, 0.4) is 0 Å². The van der Waals surface area contributed by atoms with Crippen LogP contribution < -0.4 is 21.9 Å². The molecular formula is C30H29FN8O3. The quantitative estimate of drug-likeness (QED) is 0.218. The lowest BCUT2D eigenvalue weighted by molar-refractivity contribution is 0.0950. The highest BCUT2D eigenvalue weighted by Gasteiger charge is 2.29. The monoisotopic (exact) mass is 568 g/mol. The van der Waals surface area contributed by atoms with Crippen molar-refractivity contribution < 1.29 is 9.18 Å². The molecule has 12 heteroatoms. The smallest absolute Gasteiger partial charge is 0.333 e. The van der Waals surface area contributed by atoms with Gasteiger partial charge < -0.3 is 15.6 Å². The van der Waals surface area contributed by atoms with Gasteiger partial charge in [-0.2, -0.15) is 4.39 Å². The van der Waals surface area contributed by atoms with Gasteiger partial charge in [0, 0.05) is 43.6 Å². The summed E-state index contributed by atoms with van der Waals surface area (Å²) in [5, 5.41) is 6.08. The number of benzene rings is 1. The van der Waals surface area contributed by atoms with Crippen LogP contribution in [0.2, 0.25) is 0 Å². The fourth-order valence-electron chi connectivity index (χ4n) is 4.75. The van der Waals surface area contributed by atoms with E-state index in [1.54, 1.807) is 10.8 Å². The van der Waals surface area contributed by atoms with E-state index in [1.807, 2.05) is 43.3 Å². The highest BCUT2D eigenvalue weighted by Crippen LogP contribution is 2.32. The van der Waals surface area contributed by atoms with Gasteiger partial charge in [0.2, 0.25) is 5.95 Å². The molecule has 4 aromatic heterocycles. The van der Waals surface area contributed by atoms with E-state index in [1.165, 1.54) is 16.8 Å². The summed E-state index contributed by atoms with van der Waals surface area (Å²) in [6.07, 6.45) is 5.30. The van der Waals surface area contributed by atoms with Gasteiger partial charge in [-0.3, -0.25) is 18.7 Å². The number of imidazole rings is 1. The lowest BCUT2D eigenvalue weighted by Gasteiger charge is -2.09. The molecule has 0 radical (unpaired) electrons. The number of aryl methyl sites for hydroxylation is 1. The summed E-state index contributed by atoms with van der Waals surface area (Å²) in [4.78, 5) is 54.0. The van der Waals surface area contributed by atoms with E-state index in [0.29, 0.717) is 53.6 Å². The Morgan fingerprint density at radius 1 is 1.00 bits per heavy atom. The molecule has 0 bridgehead atoms. The SMILES string of the molecule is CCCn1c(=O)n(C2CC2)c(=O)c2[nH]c(-c3ccc(NCc4ccc(CNC(=O)c5ccc(F)nc5)cc4)nc3)nc21. The van der Waals surface area contributed by atoms with Crippen LogP contribution in [0.25, 0.3) is 22.6 Å². The van der Waals surface area contributed by atoms with Gasteiger partial charge in [-0.1, -0.05) is 31.2 Å². The first kappa shape index (κ1) is 27.1. The van der Waals surface area contributed by atoms with Gasteiger partial charge in [-0.15, -0.1) is 0 Å². The van der Waals surface area contributed by atoms with E-state index in [0.717, 1.165) is 36.5 Å². The predicted molar refractivity (Wildman–Crippen MR) is 156 cm³/mol. The summed E-state index contributed by atoms with van der Waals surface area (Å²) < 4.78 is 15.9. The maximum atomic E-state index is 13.1. The van der Waals surface area contributed by atoms with Crippen molar-refractivity contribution in [1.82, 2.24) is 34.4 Å². The van der Waals surface area contributed by atoms with Crippen molar-refractivity contribution in [3.05, 3.63) is 104 Å². The number of amides is 1. The van der Waals surface area contributed by atoms with Gasteiger partial charge in [-0.25, -0.2) is 19.7 Å². The minimum atomic E-state index is -0.631. The zero-order chi connectivity index (χ0) is 29.2. The number of carbonyl (C=O) groups is 1. The number of nitrogens with zero attached hydrogens (tertiary/aromatic N) is 5. The van der Waals surface area contributed by atoms with Crippen molar-refractivity contribution in [2.45, 2.75) is 51.9 Å². The molecule has 0 spiro atoms. The number of anilines is 1. The molecule has 0 saturated heterocycles. The Kier molecular flexibility index (Phi) is 7.34. The number of rotatable bonds is 10. The van der Waals surface area contributed by atoms with Crippen molar-refractivity contribution >= 4 is 22.9 Å². The largest absolute Gasteiger partial charge is 0.366 e. The average Bonchev–Trinajstić information content (AvgIpc) is 3.74. The van der Waals surface area contributed by atoms with Crippen LogP contribution in [0, 0.1) is 5.95 Å². The molecule has 214 valence electrons. The van der Waals surface area contributed by atoms with Gasteiger partial charge in [0.05, 0.1) is 5.56 Å². The molecule has 0 atom stereocenters. The number of aromatic amines is 1. The van der Waals surface area contributed by atoms with E-state index < -0.39 is 5.95 Å². The third-order valence-corrected chi connectivity index (χ3v) is 7.15. The number of halogens is 1. The maximum Gasteiger partial charge on any atom is 0.333 e. The predicted octanol–water partition coefficient (Wildman–Crippen LogP) is 3.77. The van der Waals surface area contributed by atoms with E-state index >= 15 is 0 Å². The molecule has 5 aromatic rings. The zero-order valence-corrected chi connectivity index (χ0v) is 22.9. The maximum absolute atomic E-state index is 13.1. The van der Waals surface area contributed by atoms with E-state index in [4.69, 9.17) is 0 Å². The molecule has 3 N–H and O–H groups in total. The fraction of sp³-hybridized carbons (Fsp3) is 0.267. The number of hydrogen-bond acceptors (Lipinski definition) is 7. The lowest BCUT2D eigenvalue weighted by atomic mass is 10.1. The lowest BCUT2D eigenvalue weighted by Crippen LogP contribution is -2.39. The number of H-pyrrole nitrogens is 1. The van der Waals surface area contributed by atoms with Crippen LogP contribution in [0.5, 0.6) is 0 Å². The summed E-state index contributed by atoms with van der Waals surface area (Å²) >= 11 is 0. The first-order valence-corrected chi connectivity index (χ1v) is 13.8. The number of nitrogens with one attached hydrogen (secondary N) is 3. The van der Waals surface area contributed by atoms with Crippen LogP contribution in [-0.2, 0) is 19.6 Å². The number of hydrogen-bond donors (Lipinski definition) is 3. The minimum absolute atomic E-state index is 0.0288. The van der Waals surface area contributed by atoms with Crippen molar-refractivity contribution in [2.75, 3.05) is 5.32 Å². The van der Waals surface area contributed by atoms with Crippen molar-refractivity contribution in [3.63, 3.8) is 0 Å². The van der Waals surface area contributed by atoms with Gasteiger partial charge in [0.15, 0.2) is 5.65 Å². The molecule has 1 aliphatic rings. The fourth-order valence-corrected chi connectivity index (χ4v) is 4.75. The minimum Gasteiger partial charge on any atom is -0.366 e. The summed E-state index contributed by atoms with van der Waals surface area (Å²) in [6.45, 7) is 3.33. The van der Waals surface area contributed by atoms with Crippen LogP contribution in [0.4, 0.5) is 10.2 Å². The number of carbonyl (C=O) groups excluding carboxylic acids is 1. The topological polar surface area (TPSA) is 140 Å². The molecule has 1 saturated carbocycles. The molecule has 1 amide bonds. The third-order valence-electron chi connectivity index (χ3n) is 7.15. The van der Waals surface area contributed by atoms with Gasteiger partial charge >= 0.3 is 5.69 Å². The molecule has 0 unspecified atom stereocenters. The first-order valence-electron chi connectivity index (χ1n) is 13.8. The first-order chi connectivity index (χ1) is 20.4. The Bertz CT molecular complexity index is 1860. The second-order valence-corrected chi connectivity index (χ2v) is 10.3. The number of fused-ring (bicyclic) bond motifs is 1. The summed E-state index contributed by atoms with van der Waals surface area (Å²) in [7, 11) is 0. The highest BCUT2D eigenvalue weighted by atomic mass is 19.1. The van der Waals surface area contributed by atoms with Crippen molar-refractivity contribution in [2.24, 2.45) is 0 Å². The number of aromatic nitrogens is 6. The molecule has 11 nitrogen and oxygen atoms in total. The normalized spacial score (nSPS) is 12.9. The third kappa shape index (κ3) is 5.55. The molecule has 6 rings (SSSR count). The summed E-state index contributed by atoms with van der Waals surface area (Å²) in [5.74, 6) is 0.194. The van der Waals surface area contributed by atoms with Crippen LogP contribution in [0.15, 0.2) is 70.5 Å². The molecule has 1 aromatic carbocycles. The molecule has 4 heterocycles. The number of pyridine rings is 2. The Morgan fingerprint density at radius 3 is 2.40 bits per heavy atom.